The third kappa shape index (κ3) is 2.55. The molecule has 0 bridgehead atoms. The van der Waals surface area contributed by atoms with E-state index in [0.717, 1.165) is 12.8 Å². The van der Waals surface area contributed by atoms with E-state index in [1.807, 2.05) is 4.90 Å². The summed E-state index contributed by atoms with van der Waals surface area (Å²) in [6, 6.07) is 0. The second kappa shape index (κ2) is 5.71. The molecule has 6 N–H and O–H groups in total. The van der Waals surface area contributed by atoms with Crippen LogP contribution < -0.4 is 21.7 Å². The predicted octanol–water partition coefficient (Wildman–Crippen LogP) is -2.00. The Bertz CT molecular complexity index is 434. The largest absolute Gasteiger partial charge is 0.360 e. The van der Waals surface area contributed by atoms with Gasteiger partial charge < -0.3 is 35.0 Å². The number of hydrogen-bond donors (Lipinski definition) is 5. The van der Waals surface area contributed by atoms with Crippen LogP contribution in [0.1, 0.15) is 12.8 Å². The number of nitrogens with zero attached hydrogens (tertiary/aromatic N) is 1. The lowest BCUT2D eigenvalue weighted by Crippen LogP contribution is -2.57. The van der Waals surface area contributed by atoms with Crippen LogP contribution in [0.5, 0.6) is 0 Å². The minimum atomic E-state index is -0.597. The Morgan fingerprint density at radius 1 is 1.50 bits per heavy atom. The van der Waals surface area contributed by atoms with Gasteiger partial charge in [0.05, 0.1) is 19.4 Å². The van der Waals surface area contributed by atoms with Gasteiger partial charge in [-0.2, -0.15) is 0 Å². The lowest BCUT2D eigenvalue weighted by molar-refractivity contribution is -0.119. The second-order valence-electron chi connectivity index (χ2n) is 4.82. The predicted molar refractivity (Wildman–Crippen MR) is 70.5 cm³/mol. The Balaban J connectivity index is 1.65. The van der Waals surface area contributed by atoms with Gasteiger partial charge in [-0.1, -0.05) is 0 Å². The molecule has 1 fully saturated rings. The highest BCUT2D eigenvalue weighted by Crippen LogP contribution is 2.29. The van der Waals surface area contributed by atoms with Gasteiger partial charge in [0.1, 0.15) is 17.7 Å². The van der Waals surface area contributed by atoms with Crippen LogP contribution in [0.4, 0.5) is 0 Å². The van der Waals surface area contributed by atoms with Gasteiger partial charge in [-0.25, -0.2) is 0 Å². The van der Waals surface area contributed by atoms with Crippen LogP contribution in [0.2, 0.25) is 0 Å². The van der Waals surface area contributed by atoms with Gasteiger partial charge in [0.15, 0.2) is 15.3 Å². The smallest absolute Gasteiger partial charge is 0.273 e. The summed E-state index contributed by atoms with van der Waals surface area (Å²) < 4.78 is 10.9. The van der Waals surface area contributed by atoms with Gasteiger partial charge in [0.25, 0.3) is 5.91 Å². The van der Waals surface area contributed by atoms with Gasteiger partial charge >= 0.3 is 0 Å². The molecule has 10 heteroatoms. The van der Waals surface area contributed by atoms with E-state index in [9.17, 15) is 4.79 Å². The molecule has 1 amide bonds. The van der Waals surface area contributed by atoms with Crippen LogP contribution in [0.25, 0.3) is 0 Å². The average molecular weight is 303 g/mol. The first-order valence-electron chi connectivity index (χ1n) is 6.43. The van der Waals surface area contributed by atoms with Crippen molar-refractivity contribution in [3.63, 3.8) is 0 Å². The van der Waals surface area contributed by atoms with Crippen LogP contribution in [0, 0.1) is 0 Å². The fourth-order valence-electron chi connectivity index (χ4n) is 2.62. The topological polar surface area (TPSA) is 121 Å². The van der Waals surface area contributed by atoms with E-state index in [1.165, 1.54) is 0 Å². The zero-order valence-electron chi connectivity index (χ0n) is 10.8. The molecular formula is C10H18N5O4P. The molecule has 112 valence electrons. The third-order valence-corrected chi connectivity index (χ3v) is 3.82. The molecule has 0 aromatic carbocycles. The monoisotopic (exact) mass is 303 g/mol. The van der Waals surface area contributed by atoms with Crippen molar-refractivity contribution in [2.24, 2.45) is 5.73 Å². The van der Waals surface area contributed by atoms with Gasteiger partial charge in [-0.05, 0) is 12.8 Å². The number of carbonyl (C=O) groups is 1. The fourth-order valence-corrected chi connectivity index (χ4v) is 2.89. The Morgan fingerprint density at radius 3 is 3.15 bits per heavy atom. The van der Waals surface area contributed by atoms with E-state index in [0.29, 0.717) is 24.8 Å². The molecule has 3 rings (SSSR count). The van der Waals surface area contributed by atoms with Gasteiger partial charge in [0, 0.05) is 0 Å². The van der Waals surface area contributed by atoms with E-state index in [-0.39, 0.29) is 18.2 Å². The number of nitrogens with two attached hydrogens (primary N) is 1. The van der Waals surface area contributed by atoms with Crippen molar-refractivity contribution in [1.29, 1.82) is 0 Å². The highest BCUT2D eigenvalue weighted by Gasteiger charge is 2.39. The average Bonchev–Trinajstić information content (AvgIpc) is 3.02. The molecule has 0 spiro atoms. The molecule has 20 heavy (non-hydrogen) atoms. The highest BCUT2D eigenvalue weighted by molar-refractivity contribution is 7.24. The van der Waals surface area contributed by atoms with Crippen molar-refractivity contribution in [2.45, 2.75) is 31.5 Å². The van der Waals surface area contributed by atoms with Crippen LogP contribution in [-0.2, 0) is 14.1 Å². The van der Waals surface area contributed by atoms with Crippen molar-refractivity contribution in [1.82, 2.24) is 20.9 Å². The lowest BCUT2D eigenvalue weighted by Gasteiger charge is -2.31. The molecule has 0 aromatic rings. The summed E-state index contributed by atoms with van der Waals surface area (Å²) in [4.78, 5) is 22.4. The zero-order valence-corrected chi connectivity index (χ0v) is 11.8. The number of nitrogens with one attached hydrogen (secondary N) is 3. The Morgan fingerprint density at radius 2 is 2.35 bits per heavy atom. The molecule has 3 aliphatic rings. The molecule has 1 saturated heterocycles. The summed E-state index contributed by atoms with van der Waals surface area (Å²) in [5, 5.41) is 8.66. The first-order chi connectivity index (χ1) is 9.69. The normalized spacial score (nSPS) is 33.4. The summed E-state index contributed by atoms with van der Waals surface area (Å²) >= 11 is 0. The number of amides is 1. The first kappa shape index (κ1) is 13.8. The van der Waals surface area contributed by atoms with Crippen LogP contribution in [-0.4, -0.2) is 47.6 Å². The van der Waals surface area contributed by atoms with Gasteiger partial charge in [-0.15, -0.1) is 0 Å². The number of ether oxygens (including phenoxy) is 1. The Kier molecular flexibility index (Phi) is 3.95. The molecule has 0 aromatic heterocycles. The van der Waals surface area contributed by atoms with E-state index in [2.05, 4.69) is 16.0 Å². The minimum absolute atomic E-state index is 0.0320. The van der Waals surface area contributed by atoms with E-state index in [4.69, 9.17) is 19.9 Å². The standard InChI is InChI=1S/C10H18N5O4P/c11-10-13-8-7(9(16)14-10)12-4-15(8)6-2-1-5(19-6)3-18-20-17/h5-6,10,12-13,17,20H,1-4,11H2,(H,14,16). The fraction of sp³-hybridized carbons (Fsp3) is 0.700. The Hall–Kier alpha value is -1.12. The number of carbonyl (C=O) groups excluding carboxylic acids is 1. The highest BCUT2D eigenvalue weighted by atomic mass is 31.1. The number of hydrogen-bond acceptors (Lipinski definition) is 8. The summed E-state index contributed by atoms with van der Waals surface area (Å²) in [7, 11) is -0.520. The van der Waals surface area contributed by atoms with Crippen molar-refractivity contribution >= 4 is 14.9 Å². The van der Waals surface area contributed by atoms with Crippen molar-refractivity contribution < 1.29 is 18.9 Å². The third-order valence-electron chi connectivity index (χ3n) is 3.52. The SMILES string of the molecule is NC1NC(=O)C2=C(N1)N(C1CCC(COPO)O1)CN2. The molecule has 9 nitrogen and oxygen atoms in total. The summed E-state index contributed by atoms with van der Waals surface area (Å²) in [6.07, 6.45) is 0.929. The quantitative estimate of drug-likeness (QED) is 0.378. The van der Waals surface area contributed by atoms with Gasteiger partial charge in [0.2, 0.25) is 0 Å². The maximum atomic E-state index is 11.8. The minimum Gasteiger partial charge on any atom is -0.360 e. The molecule has 0 radical (unpaired) electrons. The summed E-state index contributed by atoms with van der Waals surface area (Å²) in [5.74, 6) is 0.463. The molecule has 4 atom stereocenters. The maximum Gasteiger partial charge on any atom is 0.273 e. The van der Waals surface area contributed by atoms with Crippen molar-refractivity contribution in [3.05, 3.63) is 11.5 Å². The van der Waals surface area contributed by atoms with Gasteiger partial charge in [-0.3, -0.25) is 10.5 Å². The van der Waals surface area contributed by atoms with Crippen LogP contribution >= 0.6 is 9.03 Å². The molecular weight excluding hydrogens is 285 g/mol. The lowest BCUT2D eigenvalue weighted by atomic mass is 10.2. The zero-order chi connectivity index (χ0) is 14.1. The molecule has 3 aliphatic heterocycles. The Labute approximate surface area is 117 Å². The molecule has 3 heterocycles. The summed E-state index contributed by atoms with van der Waals surface area (Å²) in [5.41, 5.74) is 6.21. The maximum absolute atomic E-state index is 11.8. The van der Waals surface area contributed by atoms with Crippen LogP contribution in [0.3, 0.4) is 0 Å². The van der Waals surface area contributed by atoms with E-state index < -0.39 is 15.3 Å². The van der Waals surface area contributed by atoms with Crippen molar-refractivity contribution in [3.8, 4) is 0 Å². The molecule has 0 saturated carbocycles. The van der Waals surface area contributed by atoms with Crippen LogP contribution in [0.15, 0.2) is 11.5 Å². The molecule has 0 aliphatic carbocycles. The van der Waals surface area contributed by atoms with Crippen molar-refractivity contribution in [2.75, 3.05) is 13.3 Å². The van der Waals surface area contributed by atoms with E-state index in [1.54, 1.807) is 0 Å². The number of rotatable bonds is 4. The molecule has 4 unspecified atom stereocenters. The first-order valence-corrected chi connectivity index (χ1v) is 7.28. The summed E-state index contributed by atoms with van der Waals surface area (Å²) in [6.45, 7) is 0.879. The van der Waals surface area contributed by atoms with E-state index >= 15 is 0 Å². The second-order valence-corrected chi connectivity index (χ2v) is 5.29.